The minimum Gasteiger partial charge on any atom is -0.449 e. The van der Waals surface area contributed by atoms with Crippen LogP contribution in [0.3, 0.4) is 0 Å². The fourth-order valence-corrected chi connectivity index (χ4v) is 4.78. The number of esters is 1. The highest BCUT2D eigenvalue weighted by Gasteiger charge is 2.28. The molecule has 0 saturated heterocycles. The van der Waals surface area contributed by atoms with Gasteiger partial charge in [0.05, 0.1) is 10.6 Å². The van der Waals surface area contributed by atoms with Gasteiger partial charge in [-0.1, -0.05) is 11.6 Å². The maximum atomic E-state index is 12.6. The van der Waals surface area contributed by atoms with Gasteiger partial charge in [0.2, 0.25) is 10.0 Å². The highest BCUT2D eigenvalue weighted by Crippen LogP contribution is 2.25. The Morgan fingerprint density at radius 1 is 1.33 bits per heavy atom. The summed E-state index contributed by atoms with van der Waals surface area (Å²) in [5, 5.41) is 6.97. The molecule has 1 amide bonds. The zero-order chi connectivity index (χ0) is 19.8. The molecule has 1 atom stereocenters. The molecule has 0 unspecified atom stereocenters. The largest absolute Gasteiger partial charge is 0.449 e. The van der Waals surface area contributed by atoms with Crippen LogP contribution in [0.1, 0.15) is 27.7 Å². The van der Waals surface area contributed by atoms with Gasteiger partial charge in [0, 0.05) is 18.0 Å². The van der Waals surface area contributed by atoms with Crippen molar-refractivity contribution in [2.24, 2.45) is 5.14 Å². The fraction of sp³-hybridized carbons (Fsp3) is 0.294. The van der Waals surface area contributed by atoms with Crippen LogP contribution in [-0.2, 0) is 32.5 Å². The number of hydrogen-bond acceptors (Lipinski definition) is 6. The van der Waals surface area contributed by atoms with Gasteiger partial charge in [-0.3, -0.25) is 4.79 Å². The van der Waals surface area contributed by atoms with Crippen molar-refractivity contribution in [3.8, 4) is 0 Å². The lowest BCUT2D eigenvalue weighted by molar-refractivity contribution is -0.140. The Hall–Kier alpha value is -1.94. The molecule has 0 radical (unpaired) electrons. The van der Waals surface area contributed by atoms with Crippen LogP contribution in [0, 0.1) is 0 Å². The maximum absolute atomic E-state index is 12.6. The first-order valence-electron chi connectivity index (χ1n) is 8.04. The number of fused-ring (bicyclic) bond motifs is 1. The second-order valence-electron chi connectivity index (χ2n) is 6.12. The van der Waals surface area contributed by atoms with Crippen molar-refractivity contribution < 1.29 is 22.7 Å². The number of sulfonamides is 1. The molecule has 144 valence electrons. The van der Waals surface area contributed by atoms with E-state index in [1.165, 1.54) is 23.9 Å². The summed E-state index contributed by atoms with van der Waals surface area (Å²) in [5.74, 6) is -1.13. The van der Waals surface area contributed by atoms with Crippen LogP contribution in [0.2, 0.25) is 5.02 Å². The molecule has 0 aliphatic carbocycles. The van der Waals surface area contributed by atoms with Crippen LogP contribution in [0.5, 0.6) is 0 Å². The fourth-order valence-electron chi connectivity index (χ4n) is 2.82. The number of ether oxygens (including phenoxy) is 1. The first-order valence-corrected chi connectivity index (χ1v) is 10.8. The summed E-state index contributed by atoms with van der Waals surface area (Å²) in [6, 6.07) is 5.58. The van der Waals surface area contributed by atoms with Gasteiger partial charge >= 0.3 is 5.97 Å². The summed E-state index contributed by atoms with van der Waals surface area (Å²) in [7, 11) is -4.09. The van der Waals surface area contributed by atoms with E-state index < -0.39 is 22.1 Å². The molecule has 0 fully saturated rings. The van der Waals surface area contributed by atoms with Crippen LogP contribution < -0.4 is 5.14 Å². The van der Waals surface area contributed by atoms with Crippen molar-refractivity contribution in [1.82, 2.24) is 4.90 Å². The lowest BCUT2D eigenvalue weighted by Gasteiger charge is -2.29. The van der Waals surface area contributed by atoms with E-state index in [0.29, 0.717) is 13.1 Å². The minimum atomic E-state index is -4.09. The molecular weight excluding hydrogens is 412 g/mol. The molecule has 10 heteroatoms. The topological polar surface area (TPSA) is 107 Å². The number of benzene rings is 1. The average molecular weight is 429 g/mol. The summed E-state index contributed by atoms with van der Waals surface area (Å²) < 4.78 is 28.3. The van der Waals surface area contributed by atoms with E-state index in [1.54, 1.807) is 16.2 Å². The summed E-state index contributed by atoms with van der Waals surface area (Å²) in [5.41, 5.74) is 1.05. The van der Waals surface area contributed by atoms with E-state index >= 15 is 0 Å². The SMILES string of the molecule is C[C@@H](OC(=O)c1ccc(Cl)c(S(N)(=O)=O)c1)C(=O)N1CCc2sccc2C1. The number of primary sulfonamides is 1. The summed E-state index contributed by atoms with van der Waals surface area (Å²) >= 11 is 7.47. The Kier molecular flexibility index (Phi) is 5.57. The van der Waals surface area contributed by atoms with Crippen LogP contribution in [-0.4, -0.2) is 37.8 Å². The third kappa shape index (κ3) is 4.32. The van der Waals surface area contributed by atoms with Crippen LogP contribution >= 0.6 is 22.9 Å². The van der Waals surface area contributed by atoms with Crippen molar-refractivity contribution in [2.45, 2.75) is 30.9 Å². The van der Waals surface area contributed by atoms with Gasteiger partial charge in [-0.05, 0) is 48.6 Å². The molecule has 1 aromatic heterocycles. The second-order valence-corrected chi connectivity index (χ2v) is 9.05. The molecule has 0 bridgehead atoms. The highest BCUT2D eigenvalue weighted by molar-refractivity contribution is 7.89. The first-order chi connectivity index (χ1) is 12.7. The number of hydrogen-bond donors (Lipinski definition) is 1. The molecule has 1 aliphatic heterocycles. The predicted octanol–water partition coefficient (Wildman–Crippen LogP) is 2.18. The van der Waals surface area contributed by atoms with Gasteiger partial charge in [0.25, 0.3) is 5.91 Å². The molecular formula is C17H17ClN2O5S2. The van der Waals surface area contributed by atoms with Crippen molar-refractivity contribution >= 4 is 44.8 Å². The molecule has 2 aromatic rings. The van der Waals surface area contributed by atoms with Crippen molar-refractivity contribution in [1.29, 1.82) is 0 Å². The van der Waals surface area contributed by atoms with Gasteiger partial charge in [0.1, 0.15) is 4.90 Å². The third-order valence-electron chi connectivity index (χ3n) is 4.22. The van der Waals surface area contributed by atoms with Gasteiger partial charge in [-0.25, -0.2) is 18.4 Å². The normalized spacial score (nSPS) is 15.1. The van der Waals surface area contributed by atoms with Gasteiger partial charge in [0.15, 0.2) is 6.10 Å². The predicted molar refractivity (Wildman–Crippen MR) is 101 cm³/mol. The smallest absolute Gasteiger partial charge is 0.338 e. The number of rotatable bonds is 4. The quantitative estimate of drug-likeness (QED) is 0.751. The zero-order valence-electron chi connectivity index (χ0n) is 14.3. The first kappa shape index (κ1) is 19.8. The summed E-state index contributed by atoms with van der Waals surface area (Å²) in [6.07, 6.45) is -0.236. The van der Waals surface area contributed by atoms with E-state index in [2.05, 4.69) is 0 Å². The summed E-state index contributed by atoms with van der Waals surface area (Å²) in [4.78, 5) is 27.4. The van der Waals surface area contributed by atoms with Crippen LogP contribution in [0.4, 0.5) is 0 Å². The Labute approximate surface area is 165 Å². The number of nitrogens with zero attached hydrogens (tertiary/aromatic N) is 1. The Morgan fingerprint density at radius 3 is 2.78 bits per heavy atom. The number of thiophene rings is 1. The number of halogens is 1. The number of nitrogens with two attached hydrogens (primary N) is 1. The van der Waals surface area contributed by atoms with E-state index in [-0.39, 0.29) is 21.4 Å². The van der Waals surface area contributed by atoms with Crippen LogP contribution in [0.15, 0.2) is 34.5 Å². The molecule has 7 nitrogen and oxygen atoms in total. The number of carbonyl (C=O) groups is 2. The minimum absolute atomic E-state index is 0.0539. The number of carbonyl (C=O) groups excluding carboxylic acids is 2. The maximum Gasteiger partial charge on any atom is 0.338 e. The monoisotopic (exact) mass is 428 g/mol. The lowest BCUT2D eigenvalue weighted by Crippen LogP contribution is -2.42. The molecule has 2 heterocycles. The lowest BCUT2D eigenvalue weighted by atomic mass is 10.1. The molecule has 1 aliphatic rings. The Morgan fingerprint density at radius 2 is 2.07 bits per heavy atom. The molecule has 0 saturated carbocycles. The van der Waals surface area contributed by atoms with E-state index in [9.17, 15) is 18.0 Å². The summed E-state index contributed by atoms with van der Waals surface area (Å²) in [6.45, 7) is 2.53. The average Bonchev–Trinajstić information content (AvgIpc) is 3.07. The van der Waals surface area contributed by atoms with Gasteiger partial charge in [-0.15, -0.1) is 11.3 Å². The molecule has 27 heavy (non-hydrogen) atoms. The standard InChI is InChI=1S/C17H17ClN2O5S2/c1-10(16(21)20-6-4-14-12(9-20)5-7-26-14)25-17(22)11-2-3-13(18)15(8-11)27(19,23)24/h2-3,5,7-8,10H,4,6,9H2,1H3,(H2,19,23,24)/t10-/m1/s1. The van der Waals surface area contributed by atoms with E-state index in [0.717, 1.165) is 18.1 Å². The highest BCUT2D eigenvalue weighted by atomic mass is 35.5. The van der Waals surface area contributed by atoms with Crippen molar-refractivity contribution in [3.05, 3.63) is 50.7 Å². The molecule has 2 N–H and O–H groups in total. The molecule has 3 rings (SSSR count). The van der Waals surface area contributed by atoms with Crippen LogP contribution in [0.25, 0.3) is 0 Å². The van der Waals surface area contributed by atoms with Gasteiger partial charge < -0.3 is 9.64 Å². The molecule has 1 aromatic carbocycles. The van der Waals surface area contributed by atoms with E-state index in [1.807, 2.05) is 11.4 Å². The van der Waals surface area contributed by atoms with Gasteiger partial charge in [-0.2, -0.15) is 0 Å². The van der Waals surface area contributed by atoms with Crippen molar-refractivity contribution in [2.75, 3.05) is 6.54 Å². The van der Waals surface area contributed by atoms with Crippen molar-refractivity contribution in [3.63, 3.8) is 0 Å². The Bertz CT molecular complexity index is 1000. The number of amides is 1. The van der Waals surface area contributed by atoms with E-state index in [4.69, 9.17) is 21.5 Å². The second kappa shape index (κ2) is 7.59. The zero-order valence-corrected chi connectivity index (χ0v) is 16.7. The third-order valence-corrected chi connectivity index (χ3v) is 6.64. The Balaban J connectivity index is 1.70. The molecule has 0 spiro atoms.